The maximum atomic E-state index is 13.0. The molecule has 0 bridgehead atoms. The Labute approximate surface area is 361 Å². The average Bonchev–Trinajstić information content (AvgIpc) is 3.21. The van der Waals surface area contributed by atoms with E-state index in [4.69, 9.17) is 23.4 Å². The van der Waals surface area contributed by atoms with Crippen molar-refractivity contribution in [3.8, 4) is 0 Å². The van der Waals surface area contributed by atoms with Gasteiger partial charge in [0.1, 0.15) is 0 Å². The fourth-order valence-corrected chi connectivity index (χ4v) is 12.6. The molecule has 0 aliphatic rings. The van der Waals surface area contributed by atoms with Crippen molar-refractivity contribution < 1.29 is 52.2 Å². The number of hydrogen-bond acceptors (Lipinski definition) is 12. The molecule has 0 spiro atoms. The molecular weight excluding hydrogens is 863 g/mol. The van der Waals surface area contributed by atoms with Gasteiger partial charge in [0.05, 0.1) is 0 Å². The molecule has 12 nitrogen and oxygen atoms in total. The number of rotatable bonds is 39. The monoisotopic (exact) mass is 942 g/mol. The summed E-state index contributed by atoms with van der Waals surface area (Å²) in [5.41, 5.74) is 0. The van der Waals surface area contributed by atoms with Crippen LogP contribution in [0.25, 0.3) is 0 Å². The molecule has 0 aliphatic carbocycles. The van der Waals surface area contributed by atoms with Gasteiger partial charge in [-0.2, -0.15) is 0 Å². The van der Waals surface area contributed by atoms with Crippen molar-refractivity contribution in [3.63, 3.8) is 0 Å². The topological polar surface area (TPSA) is 158 Å². The third kappa shape index (κ3) is 36.4. The van der Waals surface area contributed by atoms with E-state index in [2.05, 4.69) is 20.8 Å². The van der Waals surface area contributed by atoms with Gasteiger partial charge in [0.25, 0.3) is 0 Å². The van der Waals surface area contributed by atoms with Crippen LogP contribution in [-0.2, 0) is 52.2 Å². The minimum atomic E-state index is -5.53. The molecule has 0 aromatic rings. The van der Waals surface area contributed by atoms with Crippen molar-refractivity contribution in [3.05, 3.63) is 36.5 Å². The van der Waals surface area contributed by atoms with Crippen LogP contribution in [0, 0.1) is 0 Å². The van der Waals surface area contributed by atoms with E-state index in [0.29, 0.717) is 32.1 Å². The van der Waals surface area contributed by atoms with Gasteiger partial charge in [-0.1, -0.05) is 78.6 Å². The summed E-state index contributed by atoms with van der Waals surface area (Å²) in [7, 11) is 0. The van der Waals surface area contributed by atoms with Gasteiger partial charge in [-0.15, -0.1) is 0 Å². The van der Waals surface area contributed by atoms with Gasteiger partial charge < -0.3 is 0 Å². The molecule has 13 heteroatoms. The molecule has 0 heterocycles. The maximum absolute atomic E-state index is 13.0. The third-order valence-corrected chi connectivity index (χ3v) is 16.5. The minimum Gasteiger partial charge on any atom is -0.0654 e. The van der Waals surface area contributed by atoms with Gasteiger partial charge in [0.15, 0.2) is 0 Å². The third-order valence-electron chi connectivity index (χ3n) is 9.40. The normalized spacial score (nSPS) is 11.6. The van der Waals surface area contributed by atoms with Crippen molar-refractivity contribution in [2.75, 3.05) is 19.8 Å². The van der Waals surface area contributed by atoms with Crippen LogP contribution in [0.1, 0.15) is 195 Å². The predicted molar refractivity (Wildman–Crippen MR) is 232 cm³/mol. The first-order valence-corrected chi connectivity index (χ1v) is 28.4. The molecule has 338 valence electrons. The second-order valence-electron chi connectivity index (χ2n) is 15.0. The van der Waals surface area contributed by atoms with E-state index >= 15 is 0 Å². The first kappa shape index (κ1) is 55.8. The van der Waals surface area contributed by atoms with Crippen LogP contribution in [0.15, 0.2) is 36.5 Å². The Balaban J connectivity index is 5.46. The minimum absolute atomic E-state index is 0.0847. The van der Waals surface area contributed by atoms with Crippen molar-refractivity contribution in [2.24, 2.45) is 0 Å². The van der Waals surface area contributed by atoms with Crippen LogP contribution < -0.4 is 0 Å². The van der Waals surface area contributed by atoms with E-state index in [1.807, 2.05) is 6.92 Å². The predicted octanol–water partition coefficient (Wildman–Crippen LogP) is 11.1. The first-order valence-electron chi connectivity index (χ1n) is 22.8. The van der Waals surface area contributed by atoms with E-state index in [0.717, 1.165) is 94.2 Å². The molecule has 0 radical (unpaired) electrons. The first-order chi connectivity index (χ1) is 28.6. The molecule has 0 amide bonds. The van der Waals surface area contributed by atoms with Crippen LogP contribution in [0.5, 0.6) is 0 Å². The summed E-state index contributed by atoms with van der Waals surface area (Å²) in [5, 5.41) is 0. The number of esters is 3. The van der Waals surface area contributed by atoms with Crippen LogP contribution in [-0.4, -0.2) is 75.3 Å². The van der Waals surface area contributed by atoms with E-state index in [1.165, 1.54) is 77.0 Å². The van der Waals surface area contributed by atoms with Gasteiger partial charge in [0.2, 0.25) is 0 Å². The zero-order valence-corrected chi connectivity index (χ0v) is 39.9. The Bertz CT molecular complexity index is 1090. The summed E-state index contributed by atoms with van der Waals surface area (Å²) >= 11 is -5.53. The van der Waals surface area contributed by atoms with Crippen LogP contribution in [0.2, 0.25) is 4.44 Å². The van der Waals surface area contributed by atoms with Crippen molar-refractivity contribution in [1.29, 1.82) is 0 Å². The Morgan fingerprint density at radius 2 is 0.525 bits per heavy atom. The van der Waals surface area contributed by atoms with E-state index in [-0.39, 0.29) is 24.3 Å². The summed E-state index contributed by atoms with van der Waals surface area (Å²) in [4.78, 5) is 76.1. The molecule has 0 saturated heterocycles. The van der Waals surface area contributed by atoms with Gasteiger partial charge in [-0.3, -0.25) is 0 Å². The van der Waals surface area contributed by atoms with E-state index in [1.54, 1.807) is 0 Å². The smallest absolute Gasteiger partial charge is 0.0654 e. The summed E-state index contributed by atoms with van der Waals surface area (Å²) < 4.78 is 32.3. The average molecular weight is 942 g/mol. The van der Waals surface area contributed by atoms with Crippen LogP contribution >= 0.6 is 0 Å². The van der Waals surface area contributed by atoms with Crippen LogP contribution in [0.3, 0.4) is 0 Å². The summed E-state index contributed by atoms with van der Waals surface area (Å²) in [6, 6.07) is 0. The Morgan fingerprint density at radius 1 is 0.305 bits per heavy atom. The molecule has 0 fully saturated rings. The zero-order valence-electron chi connectivity index (χ0n) is 37.1. The van der Waals surface area contributed by atoms with Gasteiger partial charge in [-0.05, 0) is 0 Å². The second kappa shape index (κ2) is 40.3. The molecular formula is C46H78O12Sn. The van der Waals surface area contributed by atoms with E-state index < -0.39 is 55.4 Å². The Hall–Kier alpha value is -3.16. The second-order valence-corrected chi connectivity index (χ2v) is 22.1. The number of ether oxygens (including phenoxy) is 3. The molecule has 59 heavy (non-hydrogen) atoms. The summed E-state index contributed by atoms with van der Waals surface area (Å²) in [5.74, 6) is -5.50. The van der Waals surface area contributed by atoms with Gasteiger partial charge in [-0.25, -0.2) is 0 Å². The molecule has 0 saturated carbocycles. The molecule has 0 N–H and O–H groups in total. The van der Waals surface area contributed by atoms with E-state index in [9.17, 15) is 28.8 Å². The SMILES string of the molecule is CCCCCCCCCCOC(=O)C=CC(=O)[O][Sn]([CH2]CCC)([O]C(=O)/C=C\C(=O)OCCCCCCCCCC)[O]C(=O)/C=C\C(=O)OCCCCCCCCCC. The van der Waals surface area contributed by atoms with Crippen LogP contribution in [0.4, 0.5) is 0 Å². The molecule has 0 aromatic heterocycles. The summed E-state index contributed by atoms with van der Waals surface area (Å²) in [6.45, 7) is 8.97. The van der Waals surface area contributed by atoms with Crippen molar-refractivity contribution in [2.45, 2.75) is 199 Å². The molecule has 0 rings (SSSR count). The van der Waals surface area contributed by atoms with Gasteiger partial charge in [0, 0.05) is 0 Å². The number of carbonyl (C=O) groups is 6. The molecule has 0 atom stereocenters. The Kier molecular flexibility index (Phi) is 38.1. The zero-order chi connectivity index (χ0) is 43.7. The number of hydrogen-bond donors (Lipinski definition) is 0. The summed E-state index contributed by atoms with van der Waals surface area (Å²) in [6.07, 6.45) is 32.1. The quantitative estimate of drug-likeness (QED) is 0.0189. The fraction of sp³-hybridized carbons (Fsp3) is 0.739. The number of unbranched alkanes of at least 4 members (excludes halogenated alkanes) is 22. The van der Waals surface area contributed by atoms with Gasteiger partial charge >= 0.3 is 284 Å². The fourth-order valence-electron chi connectivity index (χ4n) is 5.95. The Morgan fingerprint density at radius 3 is 0.780 bits per heavy atom. The molecule has 0 unspecified atom stereocenters. The molecule has 0 aromatic carbocycles. The molecule has 0 aliphatic heterocycles. The van der Waals surface area contributed by atoms with Crippen molar-refractivity contribution in [1.82, 2.24) is 0 Å². The number of carbonyl (C=O) groups excluding carboxylic acids is 6. The standard InChI is InChI=1S/3C14H24O4.C4H9.Sn/c3*1-2-3-4-5-6-7-8-9-12-18-14(17)11-10-13(15)16;1-3-4-2;/h3*10-11H,2-9,12H2,1H3,(H,15,16);1,3-4H2,2H3;/q;;;;+3/p-3/b2*11-10-;;;. The van der Waals surface area contributed by atoms with Crippen molar-refractivity contribution >= 4 is 55.4 Å².